The molecule has 2 heteroatoms. The molecule has 1 heterocycles. The van der Waals surface area contributed by atoms with Crippen molar-refractivity contribution in [1.82, 2.24) is 5.32 Å². The van der Waals surface area contributed by atoms with Crippen LogP contribution in [0.1, 0.15) is 50.5 Å². The maximum atomic E-state index is 3.82. The van der Waals surface area contributed by atoms with E-state index in [0.717, 1.165) is 11.8 Å². The molecule has 104 valence electrons. The van der Waals surface area contributed by atoms with Crippen LogP contribution < -0.4 is 5.32 Å². The van der Waals surface area contributed by atoms with Crippen LogP contribution >= 0.6 is 11.8 Å². The monoisotopic (exact) mass is 275 g/mol. The van der Waals surface area contributed by atoms with Crippen molar-refractivity contribution in [3.05, 3.63) is 29.8 Å². The normalized spacial score (nSPS) is 23.3. The maximum absolute atomic E-state index is 3.82. The third-order valence-electron chi connectivity index (χ3n) is 4.46. The molecule has 19 heavy (non-hydrogen) atoms. The fourth-order valence-corrected chi connectivity index (χ4v) is 4.45. The molecule has 1 N–H and O–H groups in total. The fraction of sp³-hybridized carbons (Fsp3) is 0.647. The maximum Gasteiger partial charge on any atom is 0.0144 e. The number of hydrogen-bond donors (Lipinski definition) is 1. The average molecular weight is 275 g/mol. The summed E-state index contributed by atoms with van der Waals surface area (Å²) < 4.78 is 0. The lowest BCUT2D eigenvalue weighted by Crippen LogP contribution is -2.35. The second-order valence-electron chi connectivity index (χ2n) is 6.04. The molecule has 0 amide bonds. The van der Waals surface area contributed by atoms with Gasteiger partial charge in [-0.15, -0.1) is 11.8 Å². The van der Waals surface area contributed by atoms with Gasteiger partial charge in [0.15, 0.2) is 0 Å². The van der Waals surface area contributed by atoms with Gasteiger partial charge < -0.3 is 5.32 Å². The van der Waals surface area contributed by atoms with Gasteiger partial charge in [0.1, 0.15) is 0 Å². The van der Waals surface area contributed by atoms with E-state index in [1.54, 1.807) is 5.56 Å². The second-order valence-corrected chi connectivity index (χ2v) is 7.10. The zero-order valence-corrected chi connectivity index (χ0v) is 12.7. The predicted octanol–water partition coefficient (Wildman–Crippen LogP) is 4.43. The van der Waals surface area contributed by atoms with Gasteiger partial charge in [0.2, 0.25) is 0 Å². The Kier molecular flexibility index (Phi) is 4.49. The first-order valence-corrected chi connectivity index (χ1v) is 8.82. The van der Waals surface area contributed by atoms with E-state index in [1.807, 2.05) is 11.8 Å². The van der Waals surface area contributed by atoms with E-state index in [1.165, 1.54) is 49.3 Å². The van der Waals surface area contributed by atoms with Crippen LogP contribution in [0.4, 0.5) is 0 Å². The van der Waals surface area contributed by atoms with Crippen LogP contribution in [-0.4, -0.2) is 18.3 Å². The van der Waals surface area contributed by atoms with Crippen molar-refractivity contribution in [2.24, 2.45) is 5.92 Å². The van der Waals surface area contributed by atoms with Crippen LogP contribution in [0.5, 0.6) is 0 Å². The molecule has 1 nitrogen and oxygen atoms in total. The molecule has 1 aromatic rings. The summed E-state index contributed by atoms with van der Waals surface area (Å²) in [6.45, 7) is 3.43. The summed E-state index contributed by atoms with van der Waals surface area (Å²) in [4.78, 5) is 1.52. The van der Waals surface area contributed by atoms with Gasteiger partial charge in [0.25, 0.3) is 0 Å². The van der Waals surface area contributed by atoms with Gasteiger partial charge >= 0.3 is 0 Å². The molecule has 0 spiro atoms. The molecule has 1 aliphatic carbocycles. The zero-order valence-electron chi connectivity index (χ0n) is 11.9. The number of thioether (sulfide) groups is 1. The van der Waals surface area contributed by atoms with Crippen molar-refractivity contribution >= 4 is 11.8 Å². The number of nitrogens with one attached hydrogen (secondary N) is 1. The van der Waals surface area contributed by atoms with Crippen molar-refractivity contribution in [3.8, 4) is 0 Å². The van der Waals surface area contributed by atoms with E-state index in [-0.39, 0.29) is 0 Å². The zero-order chi connectivity index (χ0) is 13.1. The predicted molar refractivity (Wildman–Crippen MR) is 83.9 cm³/mol. The number of benzene rings is 1. The number of hydrogen-bond acceptors (Lipinski definition) is 2. The molecule has 1 fully saturated rings. The van der Waals surface area contributed by atoms with Gasteiger partial charge in [-0.25, -0.2) is 0 Å². The van der Waals surface area contributed by atoms with Crippen molar-refractivity contribution in [2.75, 3.05) is 12.3 Å². The quantitative estimate of drug-likeness (QED) is 0.790. The summed E-state index contributed by atoms with van der Waals surface area (Å²) >= 11 is 2.05. The van der Waals surface area contributed by atoms with Crippen molar-refractivity contribution < 1.29 is 0 Å². The van der Waals surface area contributed by atoms with Crippen molar-refractivity contribution in [2.45, 2.75) is 55.9 Å². The molecular formula is C17H25NS. The summed E-state index contributed by atoms with van der Waals surface area (Å²) in [5.41, 5.74) is 1.59. The summed E-state index contributed by atoms with van der Waals surface area (Å²) in [5.74, 6) is 3.05. The van der Waals surface area contributed by atoms with Gasteiger partial charge in [0, 0.05) is 22.6 Å². The highest BCUT2D eigenvalue weighted by molar-refractivity contribution is 7.99. The van der Waals surface area contributed by atoms with Crippen LogP contribution in [-0.2, 0) is 0 Å². The first-order valence-electron chi connectivity index (χ1n) is 7.83. The SMILES string of the molecule is CCCNC(CCC1CC1)C1CSc2ccccc21. The molecule has 1 aliphatic heterocycles. The summed E-state index contributed by atoms with van der Waals surface area (Å²) in [7, 11) is 0. The minimum atomic E-state index is 0.691. The molecule has 0 bridgehead atoms. The van der Waals surface area contributed by atoms with Crippen LogP contribution in [0.3, 0.4) is 0 Å². The minimum Gasteiger partial charge on any atom is -0.313 e. The number of rotatable bonds is 7. The van der Waals surface area contributed by atoms with E-state index < -0.39 is 0 Å². The van der Waals surface area contributed by atoms with E-state index in [2.05, 4.69) is 36.5 Å². The first-order chi connectivity index (χ1) is 9.38. The van der Waals surface area contributed by atoms with E-state index in [9.17, 15) is 0 Å². The van der Waals surface area contributed by atoms with Crippen LogP contribution in [0.2, 0.25) is 0 Å². The lowest BCUT2D eigenvalue weighted by molar-refractivity contribution is 0.409. The third-order valence-corrected chi connectivity index (χ3v) is 5.67. The van der Waals surface area contributed by atoms with Crippen molar-refractivity contribution in [1.29, 1.82) is 0 Å². The van der Waals surface area contributed by atoms with Crippen LogP contribution in [0.15, 0.2) is 29.2 Å². The Labute approximate surface area is 121 Å². The summed E-state index contributed by atoms with van der Waals surface area (Å²) in [5, 5.41) is 3.82. The van der Waals surface area contributed by atoms with Gasteiger partial charge in [-0.2, -0.15) is 0 Å². The molecule has 0 saturated heterocycles. The van der Waals surface area contributed by atoms with Gasteiger partial charge in [0.05, 0.1) is 0 Å². The Bertz CT molecular complexity index is 413. The van der Waals surface area contributed by atoms with E-state index in [4.69, 9.17) is 0 Å². The summed E-state index contributed by atoms with van der Waals surface area (Å²) in [6, 6.07) is 9.70. The average Bonchev–Trinajstić information content (AvgIpc) is 3.18. The highest BCUT2D eigenvalue weighted by Crippen LogP contribution is 2.43. The lowest BCUT2D eigenvalue weighted by atomic mass is 9.89. The Hall–Kier alpha value is -0.470. The standard InChI is InChI=1S/C17H25NS/c1-2-11-18-16(10-9-13-7-8-13)15-12-19-17-6-4-3-5-14(15)17/h3-6,13,15-16,18H,2,7-12H2,1H3. The topological polar surface area (TPSA) is 12.0 Å². The third kappa shape index (κ3) is 3.35. The lowest BCUT2D eigenvalue weighted by Gasteiger charge is -2.25. The van der Waals surface area contributed by atoms with Gasteiger partial charge in [-0.3, -0.25) is 0 Å². The highest BCUT2D eigenvalue weighted by atomic mass is 32.2. The smallest absolute Gasteiger partial charge is 0.0144 e. The van der Waals surface area contributed by atoms with Crippen molar-refractivity contribution in [3.63, 3.8) is 0 Å². The molecule has 0 aromatic heterocycles. The molecule has 0 radical (unpaired) electrons. The highest BCUT2D eigenvalue weighted by Gasteiger charge is 2.31. The largest absolute Gasteiger partial charge is 0.313 e. The van der Waals surface area contributed by atoms with Crippen LogP contribution in [0.25, 0.3) is 0 Å². The molecule has 2 unspecified atom stereocenters. The molecule has 2 aliphatic rings. The van der Waals surface area contributed by atoms with E-state index >= 15 is 0 Å². The Morgan fingerprint density at radius 1 is 1.32 bits per heavy atom. The Morgan fingerprint density at radius 2 is 2.16 bits per heavy atom. The second kappa shape index (κ2) is 6.32. The molecule has 1 saturated carbocycles. The Balaban J connectivity index is 1.67. The van der Waals surface area contributed by atoms with Gasteiger partial charge in [-0.1, -0.05) is 38.0 Å². The minimum absolute atomic E-state index is 0.691. The van der Waals surface area contributed by atoms with Gasteiger partial charge in [-0.05, 0) is 43.4 Å². The fourth-order valence-electron chi connectivity index (χ4n) is 3.12. The number of fused-ring (bicyclic) bond motifs is 1. The molecular weight excluding hydrogens is 250 g/mol. The Morgan fingerprint density at radius 3 is 2.95 bits per heavy atom. The van der Waals surface area contributed by atoms with E-state index in [0.29, 0.717) is 6.04 Å². The summed E-state index contributed by atoms with van der Waals surface area (Å²) in [6.07, 6.45) is 7.00. The first kappa shape index (κ1) is 13.5. The molecule has 3 rings (SSSR count). The molecule has 2 atom stereocenters. The van der Waals surface area contributed by atoms with Crippen LogP contribution in [0, 0.1) is 5.92 Å². The molecule has 1 aromatic carbocycles.